The second-order valence-corrected chi connectivity index (χ2v) is 3.98. The largest absolute Gasteiger partial charge is 0.398 e. The number of thiophene rings is 1. The summed E-state index contributed by atoms with van der Waals surface area (Å²) >= 11 is 1.46. The SMILES string of the molecule is CC(=O)c1cc2cccc(N)c2s1. The molecule has 13 heavy (non-hydrogen) atoms. The standard InChI is InChI=1S/C10H9NOS/c1-6(12)9-5-7-3-2-4-8(11)10(7)13-9/h2-5H,11H2,1H3. The smallest absolute Gasteiger partial charge is 0.169 e. The highest BCUT2D eigenvalue weighted by molar-refractivity contribution is 7.21. The van der Waals surface area contributed by atoms with Gasteiger partial charge in [-0.05, 0) is 24.4 Å². The van der Waals surface area contributed by atoms with E-state index in [9.17, 15) is 4.79 Å². The van der Waals surface area contributed by atoms with Crippen LogP contribution < -0.4 is 5.73 Å². The van der Waals surface area contributed by atoms with E-state index in [4.69, 9.17) is 5.73 Å². The van der Waals surface area contributed by atoms with Crippen molar-refractivity contribution in [3.63, 3.8) is 0 Å². The molecule has 0 unspecified atom stereocenters. The van der Waals surface area contributed by atoms with Crippen LogP contribution in [0.3, 0.4) is 0 Å². The Hall–Kier alpha value is -1.35. The van der Waals surface area contributed by atoms with Crippen LogP contribution in [0.4, 0.5) is 5.69 Å². The quantitative estimate of drug-likeness (QED) is 0.556. The highest BCUT2D eigenvalue weighted by atomic mass is 32.1. The zero-order chi connectivity index (χ0) is 9.42. The summed E-state index contributed by atoms with van der Waals surface area (Å²) in [5.74, 6) is 0.0978. The molecular weight excluding hydrogens is 182 g/mol. The van der Waals surface area contributed by atoms with Crippen molar-refractivity contribution in [1.29, 1.82) is 0 Å². The van der Waals surface area contributed by atoms with Crippen LogP contribution in [0.25, 0.3) is 10.1 Å². The summed E-state index contributed by atoms with van der Waals surface area (Å²) in [6.07, 6.45) is 0. The predicted molar refractivity (Wildman–Crippen MR) is 56.2 cm³/mol. The van der Waals surface area contributed by atoms with E-state index in [2.05, 4.69) is 0 Å². The van der Waals surface area contributed by atoms with E-state index >= 15 is 0 Å². The normalized spacial score (nSPS) is 10.5. The number of hydrogen-bond donors (Lipinski definition) is 1. The molecule has 0 aliphatic rings. The molecule has 1 aromatic carbocycles. The van der Waals surface area contributed by atoms with E-state index in [1.165, 1.54) is 11.3 Å². The molecule has 0 saturated carbocycles. The lowest BCUT2D eigenvalue weighted by Crippen LogP contribution is -1.83. The van der Waals surface area contributed by atoms with Gasteiger partial charge in [0, 0.05) is 5.69 Å². The Morgan fingerprint density at radius 2 is 2.23 bits per heavy atom. The molecule has 0 radical (unpaired) electrons. The maximum atomic E-state index is 11.1. The van der Waals surface area contributed by atoms with Gasteiger partial charge >= 0.3 is 0 Å². The van der Waals surface area contributed by atoms with Gasteiger partial charge in [-0.15, -0.1) is 11.3 Å². The maximum Gasteiger partial charge on any atom is 0.169 e. The zero-order valence-electron chi connectivity index (χ0n) is 7.20. The van der Waals surface area contributed by atoms with Crippen molar-refractivity contribution in [1.82, 2.24) is 0 Å². The first kappa shape index (κ1) is 8.26. The number of ketones is 1. The minimum absolute atomic E-state index is 0.0978. The molecule has 0 bridgehead atoms. The molecule has 0 aliphatic heterocycles. The first-order valence-corrected chi connectivity index (χ1v) is 4.79. The Morgan fingerprint density at radius 3 is 2.85 bits per heavy atom. The van der Waals surface area contributed by atoms with Crippen LogP contribution in [0.2, 0.25) is 0 Å². The van der Waals surface area contributed by atoms with Crippen molar-refractivity contribution in [2.24, 2.45) is 0 Å². The fraction of sp³-hybridized carbons (Fsp3) is 0.100. The second kappa shape index (κ2) is 2.85. The molecule has 66 valence electrons. The average molecular weight is 191 g/mol. The van der Waals surface area contributed by atoms with E-state index in [1.54, 1.807) is 6.92 Å². The van der Waals surface area contributed by atoms with Crippen LogP contribution in [0.15, 0.2) is 24.3 Å². The molecule has 0 fully saturated rings. The third-order valence-electron chi connectivity index (χ3n) is 1.92. The molecule has 1 aromatic heterocycles. The molecule has 0 aliphatic carbocycles. The number of hydrogen-bond acceptors (Lipinski definition) is 3. The molecule has 1 heterocycles. The van der Waals surface area contributed by atoms with Crippen molar-refractivity contribution in [2.75, 3.05) is 5.73 Å². The molecule has 2 nitrogen and oxygen atoms in total. The van der Waals surface area contributed by atoms with Crippen LogP contribution in [0, 0.1) is 0 Å². The maximum absolute atomic E-state index is 11.1. The summed E-state index contributed by atoms with van der Waals surface area (Å²) in [7, 11) is 0. The fourth-order valence-electron chi connectivity index (χ4n) is 1.26. The third kappa shape index (κ3) is 1.31. The number of Topliss-reactive ketones (excluding diaryl/α,β-unsaturated/α-hetero) is 1. The number of nitrogens with two attached hydrogens (primary N) is 1. The number of fused-ring (bicyclic) bond motifs is 1. The van der Waals surface area contributed by atoms with E-state index in [0.717, 1.165) is 20.7 Å². The molecular formula is C10H9NOS. The highest BCUT2D eigenvalue weighted by Crippen LogP contribution is 2.30. The highest BCUT2D eigenvalue weighted by Gasteiger charge is 2.06. The van der Waals surface area contributed by atoms with E-state index < -0.39 is 0 Å². The van der Waals surface area contributed by atoms with Crippen molar-refractivity contribution < 1.29 is 4.79 Å². The Balaban J connectivity index is 2.75. The number of nitrogen functional groups attached to an aromatic ring is 1. The average Bonchev–Trinajstić information content (AvgIpc) is 2.49. The van der Waals surface area contributed by atoms with Gasteiger partial charge in [-0.2, -0.15) is 0 Å². The summed E-state index contributed by atoms with van der Waals surface area (Å²) in [6.45, 7) is 1.57. The minimum Gasteiger partial charge on any atom is -0.398 e. The molecule has 0 spiro atoms. The summed E-state index contributed by atoms with van der Waals surface area (Å²) in [5, 5.41) is 1.05. The summed E-state index contributed by atoms with van der Waals surface area (Å²) in [6, 6.07) is 7.60. The van der Waals surface area contributed by atoms with Gasteiger partial charge in [0.05, 0.1) is 9.58 Å². The topological polar surface area (TPSA) is 43.1 Å². The van der Waals surface area contributed by atoms with Crippen molar-refractivity contribution in [3.05, 3.63) is 29.1 Å². The fourth-order valence-corrected chi connectivity index (χ4v) is 2.24. The molecule has 0 amide bonds. The Labute approximate surface area is 80.0 Å². The van der Waals surface area contributed by atoms with Crippen LogP contribution >= 0.6 is 11.3 Å². The van der Waals surface area contributed by atoms with Gasteiger partial charge in [-0.1, -0.05) is 12.1 Å². The van der Waals surface area contributed by atoms with E-state index in [1.807, 2.05) is 24.3 Å². The molecule has 2 rings (SSSR count). The second-order valence-electron chi connectivity index (χ2n) is 2.93. The lowest BCUT2D eigenvalue weighted by Gasteiger charge is -1.91. The van der Waals surface area contributed by atoms with Crippen LogP contribution in [0.5, 0.6) is 0 Å². The molecule has 2 aromatic rings. The van der Waals surface area contributed by atoms with Crippen LogP contribution in [-0.2, 0) is 0 Å². The first-order valence-electron chi connectivity index (χ1n) is 3.97. The number of carbonyl (C=O) groups excluding carboxylic acids is 1. The van der Waals surface area contributed by atoms with Gasteiger partial charge in [-0.3, -0.25) is 4.79 Å². The monoisotopic (exact) mass is 191 g/mol. The number of carbonyl (C=O) groups is 1. The minimum atomic E-state index is 0.0978. The molecule has 3 heteroatoms. The van der Waals surface area contributed by atoms with Gasteiger partial charge in [0.2, 0.25) is 0 Å². The predicted octanol–water partition coefficient (Wildman–Crippen LogP) is 2.69. The first-order chi connectivity index (χ1) is 6.18. The van der Waals surface area contributed by atoms with Gasteiger partial charge in [0.1, 0.15) is 0 Å². The Kier molecular flexibility index (Phi) is 1.81. The van der Waals surface area contributed by atoms with Crippen molar-refractivity contribution in [3.8, 4) is 0 Å². The molecule has 2 N–H and O–H groups in total. The third-order valence-corrected chi connectivity index (χ3v) is 3.22. The van der Waals surface area contributed by atoms with Crippen molar-refractivity contribution in [2.45, 2.75) is 6.92 Å². The number of benzene rings is 1. The zero-order valence-corrected chi connectivity index (χ0v) is 8.02. The summed E-state index contributed by atoms with van der Waals surface area (Å²) in [5.41, 5.74) is 6.51. The summed E-state index contributed by atoms with van der Waals surface area (Å²) in [4.78, 5) is 11.9. The number of rotatable bonds is 1. The lowest BCUT2D eigenvalue weighted by molar-refractivity contribution is 0.102. The van der Waals surface area contributed by atoms with E-state index in [0.29, 0.717) is 0 Å². The molecule has 0 atom stereocenters. The van der Waals surface area contributed by atoms with Gasteiger partial charge < -0.3 is 5.73 Å². The van der Waals surface area contributed by atoms with Gasteiger partial charge in [-0.25, -0.2) is 0 Å². The Bertz CT molecular complexity index is 473. The molecule has 0 saturated heterocycles. The van der Waals surface area contributed by atoms with E-state index in [-0.39, 0.29) is 5.78 Å². The lowest BCUT2D eigenvalue weighted by atomic mass is 10.2. The van der Waals surface area contributed by atoms with Crippen LogP contribution in [0.1, 0.15) is 16.6 Å². The van der Waals surface area contributed by atoms with Gasteiger partial charge in [0.15, 0.2) is 5.78 Å². The summed E-state index contributed by atoms with van der Waals surface area (Å²) < 4.78 is 1.01. The van der Waals surface area contributed by atoms with Crippen molar-refractivity contribution >= 4 is 32.9 Å². The van der Waals surface area contributed by atoms with Gasteiger partial charge in [0.25, 0.3) is 0 Å². The number of anilines is 1. The Morgan fingerprint density at radius 1 is 1.46 bits per heavy atom. The van der Waals surface area contributed by atoms with Crippen LogP contribution in [-0.4, -0.2) is 5.78 Å².